The number of hydrogen-bond donors (Lipinski definition) is 2. The van der Waals surface area contributed by atoms with Crippen molar-refractivity contribution in [2.24, 2.45) is 0 Å². The Bertz CT molecular complexity index is 850. The second-order valence-electron chi connectivity index (χ2n) is 5.53. The van der Waals surface area contributed by atoms with Crippen molar-refractivity contribution in [3.63, 3.8) is 0 Å². The number of nitrogens with one attached hydrogen (secondary N) is 2. The van der Waals surface area contributed by atoms with E-state index < -0.39 is 10.0 Å². The van der Waals surface area contributed by atoms with E-state index in [-0.39, 0.29) is 23.2 Å². The lowest BCUT2D eigenvalue weighted by atomic mass is 10.3. The number of hydrogen-bond acceptors (Lipinski definition) is 4. The molecule has 1 amide bonds. The van der Waals surface area contributed by atoms with E-state index in [4.69, 9.17) is 0 Å². The first-order valence-electron chi connectivity index (χ1n) is 8.26. The summed E-state index contributed by atoms with van der Waals surface area (Å²) in [6, 6.07) is 11.8. The van der Waals surface area contributed by atoms with Crippen LogP contribution in [0.25, 0.3) is 0 Å². The van der Waals surface area contributed by atoms with Crippen molar-refractivity contribution in [2.45, 2.75) is 18.7 Å². The first-order valence-corrected chi connectivity index (χ1v) is 9.70. The van der Waals surface area contributed by atoms with Crippen molar-refractivity contribution < 1.29 is 17.6 Å². The van der Waals surface area contributed by atoms with Crippen LogP contribution in [0.15, 0.2) is 53.4 Å². The molecule has 0 fully saturated rings. The number of carbonyl (C=O) groups is 1. The molecule has 0 radical (unpaired) electrons. The maximum Gasteiger partial charge on any atom is 0.243 e. The Balaban J connectivity index is 2.03. The fourth-order valence-electron chi connectivity index (χ4n) is 2.40. The van der Waals surface area contributed by atoms with Crippen molar-refractivity contribution in [1.29, 1.82) is 0 Å². The van der Waals surface area contributed by atoms with Crippen LogP contribution < -0.4 is 10.6 Å². The molecule has 0 aliphatic carbocycles. The topological polar surface area (TPSA) is 78.5 Å². The van der Waals surface area contributed by atoms with Crippen LogP contribution >= 0.6 is 0 Å². The maximum absolute atomic E-state index is 12.9. The van der Waals surface area contributed by atoms with E-state index in [1.165, 1.54) is 40.7 Å². The third kappa shape index (κ3) is 5.03. The van der Waals surface area contributed by atoms with E-state index in [2.05, 4.69) is 10.6 Å². The van der Waals surface area contributed by atoms with Crippen LogP contribution in [0.3, 0.4) is 0 Å². The van der Waals surface area contributed by atoms with Gasteiger partial charge in [0.1, 0.15) is 5.82 Å². The fraction of sp³-hybridized carbons (Fsp3) is 0.278. The van der Waals surface area contributed by atoms with Crippen LogP contribution in [0.5, 0.6) is 0 Å². The van der Waals surface area contributed by atoms with Gasteiger partial charge in [-0.3, -0.25) is 4.79 Å². The monoisotopic (exact) mass is 379 g/mol. The number of halogens is 1. The molecule has 0 unspecified atom stereocenters. The molecule has 2 aromatic carbocycles. The highest BCUT2D eigenvalue weighted by Crippen LogP contribution is 2.19. The van der Waals surface area contributed by atoms with E-state index in [0.717, 1.165) is 0 Å². The van der Waals surface area contributed by atoms with Gasteiger partial charge in [-0.15, -0.1) is 0 Å². The molecule has 0 spiro atoms. The summed E-state index contributed by atoms with van der Waals surface area (Å²) in [4.78, 5) is 12.2. The molecule has 0 heterocycles. The summed E-state index contributed by atoms with van der Waals surface area (Å²) in [6.07, 6.45) is 0. The van der Waals surface area contributed by atoms with Crippen molar-refractivity contribution >= 4 is 27.3 Å². The zero-order valence-corrected chi connectivity index (χ0v) is 15.5. The van der Waals surface area contributed by atoms with Crippen molar-refractivity contribution in [2.75, 3.05) is 30.3 Å². The Kier molecular flexibility index (Phi) is 6.70. The number of anilines is 2. The van der Waals surface area contributed by atoms with Gasteiger partial charge < -0.3 is 10.6 Å². The van der Waals surface area contributed by atoms with Crippen LogP contribution in [0.4, 0.5) is 15.8 Å². The minimum atomic E-state index is -3.59. The van der Waals surface area contributed by atoms with E-state index in [1.807, 2.05) is 0 Å². The number of nitrogens with zero attached hydrogens (tertiary/aromatic N) is 1. The molecule has 0 aliphatic heterocycles. The average molecular weight is 379 g/mol. The number of benzene rings is 2. The van der Waals surface area contributed by atoms with Crippen LogP contribution in [-0.2, 0) is 14.8 Å². The summed E-state index contributed by atoms with van der Waals surface area (Å²) in [5, 5.41) is 5.52. The molecule has 2 rings (SSSR count). The van der Waals surface area contributed by atoms with Crippen LogP contribution in [0.1, 0.15) is 13.8 Å². The van der Waals surface area contributed by atoms with Gasteiger partial charge in [-0.05, 0) is 42.5 Å². The summed E-state index contributed by atoms with van der Waals surface area (Å²) in [5.41, 5.74) is 1.00. The van der Waals surface area contributed by atoms with Crippen molar-refractivity contribution in [3.8, 4) is 0 Å². The van der Waals surface area contributed by atoms with Gasteiger partial charge in [0, 0.05) is 24.5 Å². The smallest absolute Gasteiger partial charge is 0.243 e. The molecule has 0 aliphatic rings. The summed E-state index contributed by atoms with van der Waals surface area (Å²) < 4.78 is 39.3. The number of sulfonamides is 1. The Hall–Kier alpha value is -2.45. The number of carbonyl (C=O) groups excluding carboxylic acids is 1. The zero-order valence-electron chi connectivity index (χ0n) is 14.7. The van der Waals surface area contributed by atoms with Gasteiger partial charge in [0.25, 0.3) is 0 Å². The van der Waals surface area contributed by atoms with E-state index in [9.17, 15) is 17.6 Å². The van der Waals surface area contributed by atoms with Gasteiger partial charge in [0.05, 0.1) is 11.4 Å². The fourth-order valence-corrected chi connectivity index (χ4v) is 3.91. The highest BCUT2D eigenvalue weighted by Gasteiger charge is 2.21. The molecular formula is C18H22FN3O3S. The quantitative estimate of drug-likeness (QED) is 0.739. The van der Waals surface area contributed by atoms with Crippen LogP contribution in [0, 0.1) is 5.82 Å². The lowest BCUT2D eigenvalue weighted by molar-refractivity contribution is -0.114. The first-order chi connectivity index (χ1) is 12.4. The van der Waals surface area contributed by atoms with E-state index in [0.29, 0.717) is 24.5 Å². The van der Waals surface area contributed by atoms with Gasteiger partial charge in [-0.1, -0.05) is 19.9 Å². The van der Waals surface area contributed by atoms with E-state index >= 15 is 0 Å². The number of amides is 1. The van der Waals surface area contributed by atoms with Gasteiger partial charge in [0.2, 0.25) is 15.9 Å². The van der Waals surface area contributed by atoms with Gasteiger partial charge in [0.15, 0.2) is 0 Å². The SMILES string of the molecule is CCN(CC)S(=O)(=O)c1cccc(NC(=O)CNc2ccc(F)cc2)c1. The predicted octanol–water partition coefficient (Wildman–Crippen LogP) is 2.91. The molecule has 0 saturated carbocycles. The zero-order chi connectivity index (χ0) is 19.2. The molecule has 2 N–H and O–H groups in total. The molecule has 8 heteroatoms. The lowest BCUT2D eigenvalue weighted by Crippen LogP contribution is -2.30. The Morgan fingerprint density at radius 2 is 1.69 bits per heavy atom. The van der Waals surface area contributed by atoms with Gasteiger partial charge in [-0.2, -0.15) is 4.31 Å². The third-order valence-corrected chi connectivity index (χ3v) is 5.80. The predicted molar refractivity (Wildman–Crippen MR) is 100 cm³/mol. The highest BCUT2D eigenvalue weighted by atomic mass is 32.2. The van der Waals surface area contributed by atoms with Gasteiger partial charge in [-0.25, -0.2) is 12.8 Å². The van der Waals surface area contributed by atoms with Crippen molar-refractivity contribution in [3.05, 3.63) is 54.3 Å². The largest absolute Gasteiger partial charge is 0.376 e. The average Bonchev–Trinajstić information content (AvgIpc) is 2.62. The minimum absolute atomic E-state index is 0.0291. The molecule has 0 aromatic heterocycles. The normalized spacial score (nSPS) is 11.4. The lowest BCUT2D eigenvalue weighted by Gasteiger charge is -2.18. The molecule has 0 atom stereocenters. The molecule has 0 bridgehead atoms. The molecule has 140 valence electrons. The molecule has 26 heavy (non-hydrogen) atoms. The summed E-state index contributed by atoms with van der Waals surface area (Å²) >= 11 is 0. The standard InChI is InChI=1S/C18H22FN3O3S/c1-3-22(4-2)26(24,25)17-7-5-6-16(12-17)21-18(23)13-20-15-10-8-14(19)9-11-15/h5-12,20H,3-4,13H2,1-2H3,(H,21,23). The second kappa shape index (κ2) is 8.77. The van der Waals surface area contributed by atoms with E-state index in [1.54, 1.807) is 26.0 Å². The Morgan fingerprint density at radius 3 is 2.31 bits per heavy atom. The molecule has 0 saturated heterocycles. The van der Waals surface area contributed by atoms with Gasteiger partial charge >= 0.3 is 0 Å². The maximum atomic E-state index is 12.9. The second-order valence-corrected chi connectivity index (χ2v) is 7.46. The summed E-state index contributed by atoms with van der Waals surface area (Å²) in [5.74, 6) is -0.696. The minimum Gasteiger partial charge on any atom is -0.376 e. The first kappa shape index (κ1) is 19.9. The number of rotatable bonds is 8. The Labute approximate surface area is 153 Å². The molecular weight excluding hydrogens is 357 g/mol. The van der Waals surface area contributed by atoms with Crippen molar-refractivity contribution in [1.82, 2.24) is 4.31 Å². The molecule has 2 aromatic rings. The summed E-state index contributed by atoms with van der Waals surface area (Å²) in [6.45, 7) is 4.26. The molecule has 6 nitrogen and oxygen atoms in total. The summed E-state index contributed by atoms with van der Waals surface area (Å²) in [7, 11) is -3.59. The van der Waals surface area contributed by atoms with Crippen LogP contribution in [-0.4, -0.2) is 38.3 Å². The highest BCUT2D eigenvalue weighted by molar-refractivity contribution is 7.89. The Morgan fingerprint density at radius 1 is 1.04 bits per heavy atom. The third-order valence-electron chi connectivity index (χ3n) is 3.76. The van der Waals surface area contributed by atoms with Crippen LogP contribution in [0.2, 0.25) is 0 Å².